The van der Waals surface area contributed by atoms with E-state index in [1.807, 2.05) is 0 Å². The lowest BCUT2D eigenvalue weighted by Crippen LogP contribution is -2.36. The molecule has 152 valence electrons. The Morgan fingerprint density at radius 2 is 2.00 bits per heavy atom. The fourth-order valence-electron chi connectivity index (χ4n) is 3.23. The summed E-state index contributed by atoms with van der Waals surface area (Å²) in [4.78, 5) is 2.31. The van der Waals surface area contributed by atoms with Crippen LogP contribution in [0.3, 0.4) is 0 Å². The Balaban J connectivity index is 2.03. The van der Waals surface area contributed by atoms with E-state index >= 15 is 0 Å². The van der Waals surface area contributed by atoms with Gasteiger partial charge in [-0.1, -0.05) is 44.0 Å². The van der Waals surface area contributed by atoms with E-state index in [0.717, 1.165) is 26.1 Å². The van der Waals surface area contributed by atoms with Gasteiger partial charge in [-0.25, -0.2) is 0 Å². The molecule has 0 aliphatic carbocycles. The standard InChI is InChI=1S/C24H34N2O2/c1-5-15-28-19-24(27)18-25(14-12-20(2)3)17-23-11-8-13-26(23)16-22-10-7-6-9-21(22)4/h1,6-11,13,20,24,27H,12,14-19H2,2-4H3/t24-/m0/s1. The molecule has 0 radical (unpaired) electrons. The highest BCUT2D eigenvalue weighted by Crippen LogP contribution is 2.15. The van der Waals surface area contributed by atoms with Gasteiger partial charge in [0.2, 0.25) is 0 Å². The van der Waals surface area contributed by atoms with Crippen LogP contribution in [0, 0.1) is 25.2 Å². The predicted octanol–water partition coefficient (Wildman–Crippen LogP) is 3.70. The van der Waals surface area contributed by atoms with Gasteiger partial charge in [0.1, 0.15) is 6.61 Å². The molecule has 1 heterocycles. The maximum Gasteiger partial charge on any atom is 0.107 e. The van der Waals surface area contributed by atoms with Crippen molar-refractivity contribution in [3.8, 4) is 12.3 Å². The zero-order chi connectivity index (χ0) is 20.4. The average molecular weight is 383 g/mol. The van der Waals surface area contributed by atoms with Gasteiger partial charge in [0.15, 0.2) is 0 Å². The summed E-state index contributed by atoms with van der Waals surface area (Å²) in [6.45, 7) is 10.3. The van der Waals surface area contributed by atoms with E-state index in [2.05, 4.69) is 78.8 Å². The first-order valence-electron chi connectivity index (χ1n) is 10.1. The lowest BCUT2D eigenvalue weighted by molar-refractivity contribution is 0.0248. The normalized spacial score (nSPS) is 12.5. The Morgan fingerprint density at radius 1 is 1.21 bits per heavy atom. The first-order valence-corrected chi connectivity index (χ1v) is 10.1. The molecule has 28 heavy (non-hydrogen) atoms. The van der Waals surface area contributed by atoms with Gasteiger partial charge in [0, 0.05) is 31.5 Å². The van der Waals surface area contributed by atoms with Crippen LogP contribution in [0.5, 0.6) is 0 Å². The molecule has 0 spiro atoms. The summed E-state index contributed by atoms with van der Waals surface area (Å²) in [6, 6.07) is 12.8. The molecule has 0 fully saturated rings. The molecule has 1 aromatic heterocycles. The van der Waals surface area contributed by atoms with Crippen molar-refractivity contribution in [1.29, 1.82) is 0 Å². The highest BCUT2D eigenvalue weighted by Gasteiger charge is 2.15. The van der Waals surface area contributed by atoms with Crippen molar-refractivity contribution in [3.05, 3.63) is 59.4 Å². The molecule has 1 atom stereocenters. The minimum atomic E-state index is -0.541. The number of ether oxygens (including phenoxy) is 1. The number of aromatic nitrogens is 1. The van der Waals surface area contributed by atoms with Gasteiger partial charge < -0.3 is 14.4 Å². The molecular weight excluding hydrogens is 348 g/mol. The fourth-order valence-corrected chi connectivity index (χ4v) is 3.23. The number of aliphatic hydroxyl groups is 1. The van der Waals surface area contributed by atoms with Gasteiger partial charge in [-0.2, -0.15) is 0 Å². The molecular formula is C24H34N2O2. The third-order valence-corrected chi connectivity index (χ3v) is 4.90. The van der Waals surface area contributed by atoms with Gasteiger partial charge in [-0.05, 0) is 49.1 Å². The molecule has 1 N–H and O–H groups in total. The quantitative estimate of drug-likeness (QED) is 0.449. The van der Waals surface area contributed by atoms with Gasteiger partial charge in [-0.3, -0.25) is 4.90 Å². The Labute approximate surface area is 170 Å². The Hall–Kier alpha value is -2.06. The lowest BCUT2D eigenvalue weighted by atomic mass is 10.1. The van der Waals surface area contributed by atoms with Crippen LogP contribution in [0.1, 0.15) is 37.1 Å². The van der Waals surface area contributed by atoms with E-state index in [4.69, 9.17) is 11.2 Å². The van der Waals surface area contributed by atoms with Gasteiger partial charge in [0.25, 0.3) is 0 Å². The second kappa shape index (κ2) is 11.7. The van der Waals surface area contributed by atoms with Crippen molar-refractivity contribution in [2.24, 2.45) is 5.92 Å². The lowest BCUT2D eigenvalue weighted by Gasteiger charge is -2.26. The molecule has 0 saturated heterocycles. The van der Waals surface area contributed by atoms with Crippen LogP contribution in [0.25, 0.3) is 0 Å². The number of terminal acetylenes is 1. The van der Waals surface area contributed by atoms with Crippen LogP contribution in [-0.4, -0.2) is 47.0 Å². The van der Waals surface area contributed by atoms with Crippen molar-refractivity contribution < 1.29 is 9.84 Å². The van der Waals surface area contributed by atoms with Crippen molar-refractivity contribution in [1.82, 2.24) is 9.47 Å². The molecule has 0 aliphatic rings. The maximum atomic E-state index is 10.3. The summed E-state index contributed by atoms with van der Waals surface area (Å²) in [5.41, 5.74) is 3.89. The van der Waals surface area contributed by atoms with E-state index < -0.39 is 6.10 Å². The molecule has 2 aromatic rings. The van der Waals surface area contributed by atoms with Crippen molar-refractivity contribution >= 4 is 0 Å². The Morgan fingerprint density at radius 3 is 2.71 bits per heavy atom. The molecule has 0 saturated carbocycles. The Kier molecular flexibility index (Phi) is 9.30. The van der Waals surface area contributed by atoms with Crippen molar-refractivity contribution in [2.45, 2.75) is 46.4 Å². The molecule has 0 unspecified atom stereocenters. The van der Waals surface area contributed by atoms with Crippen LogP contribution in [0.15, 0.2) is 42.6 Å². The largest absolute Gasteiger partial charge is 0.389 e. The molecule has 4 heteroatoms. The number of hydrogen-bond acceptors (Lipinski definition) is 3. The predicted molar refractivity (Wildman–Crippen MR) is 115 cm³/mol. The third kappa shape index (κ3) is 7.52. The zero-order valence-corrected chi connectivity index (χ0v) is 17.5. The van der Waals surface area contributed by atoms with Crippen molar-refractivity contribution in [3.63, 3.8) is 0 Å². The van der Waals surface area contributed by atoms with E-state index in [1.54, 1.807) is 0 Å². The summed E-state index contributed by atoms with van der Waals surface area (Å²) in [5, 5.41) is 10.3. The molecule has 4 nitrogen and oxygen atoms in total. The summed E-state index contributed by atoms with van der Waals surface area (Å²) in [6.07, 6.45) is 7.89. The molecule has 0 aliphatic heterocycles. The number of rotatable bonds is 12. The van der Waals surface area contributed by atoms with E-state index in [9.17, 15) is 5.11 Å². The minimum absolute atomic E-state index is 0.238. The topological polar surface area (TPSA) is 37.6 Å². The van der Waals surface area contributed by atoms with E-state index in [0.29, 0.717) is 12.5 Å². The van der Waals surface area contributed by atoms with Gasteiger partial charge >= 0.3 is 0 Å². The number of hydrogen-bond donors (Lipinski definition) is 1. The van der Waals surface area contributed by atoms with Crippen LogP contribution in [0.2, 0.25) is 0 Å². The summed E-state index contributed by atoms with van der Waals surface area (Å²) >= 11 is 0. The first kappa shape index (κ1) is 22.2. The molecule has 2 rings (SSSR count). The minimum Gasteiger partial charge on any atom is -0.389 e. The number of aliphatic hydroxyl groups excluding tert-OH is 1. The van der Waals surface area contributed by atoms with Gasteiger partial charge in [0.05, 0.1) is 12.7 Å². The second-order valence-corrected chi connectivity index (χ2v) is 7.84. The second-order valence-electron chi connectivity index (χ2n) is 7.84. The number of benzene rings is 1. The summed E-state index contributed by atoms with van der Waals surface area (Å²) in [7, 11) is 0. The average Bonchev–Trinajstić information content (AvgIpc) is 3.08. The molecule has 1 aromatic carbocycles. The smallest absolute Gasteiger partial charge is 0.107 e. The highest BCUT2D eigenvalue weighted by atomic mass is 16.5. The van der Waals surface area contributed by atoms with Crippen molar-refractivity contribution in [2.75, 3.05) is 26.3 Å². The van der Waals surface area contributed by atoms with E-state index in [-0.39, 0.29) is 13.2 Å². The van der Waals surface area contributed by atoms with Crippen LogP contribution >= 0.6 is 0 Å². The zero-order valence-electron chi connectivity index (χ0n) is 17.5. The number of nitrogens with zero attached hydrogens (tertiary/aromatic N) is 2. The first-order chi connectivity index (χ1) is 13.5. The van der Waals surface area contributed by atoms with E-state index in [1.165, 1.54) is 16.8 Å². The van der Waals surface area contributed by atoms with Crippen LogP contribution in [0.4, 0.5) is 0 Å². The maximum absolute atomic E-state index is 10.3. The monoisotopic (exact) mass is 382 g/mol. The molecule has 0 amide bonds. The summed E-state index contributed by atoms with van der Waals surface area (Å²) in [5.74, 6) is 3.06. The van der Waals surface area contributed by atoms with Crippen LogP contribution in [-0.2, 0) is 17.8 Å². The highest BCUT2D eigenvalue weighted by molar-refractivity contribution is 5.26. The number of aryl methyl sites for hydroxylation is 1. The fraction of sp³-hybridized carbons (Fsp3) is 0.500. The third-order valence-electron chi connectivity index (χ3n) is 4.90. The molecule has 0 bridgehead atoms. The summed E-state index contributed by atoms with van der Waals surface area (Å²) < 4.78 is 7.60. The van der Waals surface area contributed by atoms with Crippen LogP contribution < -0.4 is 0 Å². The van der Waals surface area contributed by atoms with Gasteiger partial charge in [-0.15, -0.1) is 6.42 Å². The SMILES string of the molecule is C#CCOC[C@@H](O)CN(CCC(C)C)Cc1cccn1Cc1ccccc1C. The Bertz CT molecular complexity index is 745.